The standard InChI is InChI=1S/C10H10.C8H8O.C8H8.C4H5N/c1-3-9-7-5-6-8-10(9)4-2;1-2-7-3-5-8(9)6-4-7;1-2-8-6-4-3-5-7-8;1-4(2)3-5/h3-8H,1-2H2;2-6,9H,1H2;2-7H,1H2;1H2,2H3. The Bertz CT molecular complexity index is 995. The lowest BCUT2D eigenvalue weighted by atomic mass is 10.1. The second-order valence-electron chi connectivity index (χ2n) is 6.34. The first-order chi connectivity index (χ1) is 15.4. The van der Waals surface area contributed by atoms with Crippen molar-refractivity contribution in [3.63, 3.8) is 0 Å². The fourth-order valence-corrected chi connectivity index (χ4v) is 2.08. The first kappa shape index (κ1) is 27.7. The van der Waals surface area contributed by atoms with E-state index >= 15 is 0 Å². The zero-order valence-electron chi connectivity index (χ0n) is 18.7. The summed E-state index contributed by atoms with van der Waals surface area (Å²) in [7, 11) is 0. The van der Waals surface area contributed by atoms with Gasteiger partial charge < -0.3 is 5.11 Å². The van der Waals surface area contributed by atoms with Gasteiger partial charge in [0.2, 0.25) is 0 Å². The monoisotopic (exact) mass is 421 g/mol. The molecule has 0 aliphatic carbocycles. The summed E-state index contributed by atoms with van der Waals surface area (Å²) in [5.41, 5.74) is 5.03. The number of aromatic hydroxyl groups is 1. The largest absolute Gasteiger partial charge is 0.508 e. The molecular formula is C30H31NO. The Labute approximate surface area is 193 Å². The fourth-order valence-electron chi connectivity index (χ4n) is 2.08. The van der Waals surface area contributed by atoms with Crippen LogP contribution < -0.4 is 0 Å². The van der Waals surface area contributed by atoms with Crippen LogP contribution >= 0.6 is 0 Å². The van der Waals surface area contributed by atoms with Crippen LogP contribution in [0.5, 0.6) is 5.75 Å². The molecule has 2 nitrogen and oxygen atoms in total. The van der Waals surface area contributed by atoms with E-state index in [-0.39, 0.29) is 0 Å². The normalized spacial score (nSPS) is 8.25. The molecule has 0 fully saturated rings. The van der Waals surface area contributed by atoms with Gasteiger partial charge in [-0.1, -0.05) is 124 Å². The highest BCUT2D eigenvalue weighted by Gasteiger charge is 1.89. The molecule has 0 saturated carbocycles. The van der Waals surface area contributed by atoms with E-state index in [2.05, 4.69) is 32.9 Å². The molecule has 1 N–H and O–H groups in total. The molecule has 0 aliphatic rings. The Hall–Kier alpha value is -4.35. The molecule has 32 heavy (non-hydrogen) atoms. The number of phenols is 1. The second kappa shape index (κ2) is 17.5. The van der Waals surface area contributed by atoms with Crippen LogP contribution in [0.2, 0.25) is 0 Å². The molecule has 3 rings (SSSR count). The van der Waals surface area contributed by atoms with Gasteiger partial charge in [-0.15, -0.1) is 0 Å². The molecule has 0 atom stereocenters. The van der Waals surface area contributed by atoms with Gasteiger partial charge in [0, 0.05) is 5.57 Å². The third kappa shape index (κ3) is 13.0. The van der Waals surface area contributed by atoms with Gasteiger partial charge in [-0.25, -0.2) is 0 Å². The Morgan fingerprint density at radius 2 is 1.06 bits per heavy atom. The number of allylic oxidation sites excluding steroid dienone is 1. The van der Waals surface area contributed by atoms with E-state index in [0.717, 1.165) is 16.7 Å². The first-order valence-corrected chi connectivity index (χ1v) is 9.90. The Balaban J connectivity index is 0.000000411. The minimum absolute atomic E-state index is 0.292. The van der Waals surface area contributed by atoms with Crippen molar-refractivity contribution in [2.75, 3.05) is 0 Å². The number of hydrogen-bond acceptors (Lipinski definition) is 2. The minimum atomic E-state index is 0.292. The van der Waals surface area contributed by atoms with Gasteiger partial charge >= 0.3 is 0 Å². The summed E-state index contributed by atoms with van der Waals surface area (Å²) in [5, 5.41) is 16.6. The SMILES string of the molecule is C=C(C)C#N.C=Cc1ccc(O)cc1.C=Cc1ccccc1.C=Cc1ccccc1C=C. The van der Waals surface area contributed by atoms with Gasteiger partial charge in [-0.3, -0.25) is 0 Å². The maximum atomic E-state index is 8.82. The number of phenolic OH excluding ortho intramolecular Hbond substituents is 1. The van der Waals surface area contributed by atoms with Crippen molar-refractivity contribution in [1.29, 1.82) is 5.26 Å². The van der Waals surface area contributed by atoms with E-state index in [1.807, 2.05) is 91.0 Å². The highest BCUT2D eigenvalue weighted by molar-refractivity contribution is 5.63. The highest BCUT2D eigenvalue weighted by Crippen LogP contribution is 2.10. The lowest BCUT2D eigenvalue weighted by molar-refractivity contribution is 0.475. The van der Waals surface area contributed by atoms with Crippen molar-refractivity contribution in [3.05, 3.63) is 140 Å². The molecule has 0 bridgehead atoms. The van der Waals surface area contributed by atoms with Gasteiger partial charge in [0.05, 0.1) is 6.07 Å². The molecule has 3 aromatic rings. The van der Waals surface area contributed by atoms with Crippen LogP contribution in [0.4, 0.5) is 0 Å². The Kier molecular flexibility index (Phi) is 15.1. The molecule has 0 amide bonds. The molecule has 162 valence electrons. The minimum Gasteiger partial charge on any atom is -0.508 e. The van der Waals surface area contributed by atoms with Crippen molar-refractivity contribution in [2.45, 2.75) is 6.92 Å². The summed E-state index contributed by atoms with van der Waals surface area (Å²) in [6.45, 7) is 19.6. The van der Waals surface area contributed by atoms with E-state index in [9.17, 15) is 0 Å². The summed E-state index contributed by atoms with van der Waals surface area (Å²) in [6.07, 6.45) is 7.23. The van der Waals surface area contributed by atoms with E-state index < -0.39 is 0 Å². The summed E-state index contributed by atoms with van der Waals surface area (Å²) >= 11 is 0. The smallest absolute Gasteiger partial charge is 0.115 e. The lowest BCUT2D eigenvalue weighted by Gasteiger charge is -1.96. The predicted octanol–water partition coefficient (Wildman–Crippen LogP) is 8.42. The summed E-state index contributed by atoms with van der Waals surface area (Å²) < 4.78 is 0. The highest BCUT2D eigenvalue weighted by atomic mass is 16.3. The van der Waals surface area contributed by atoms with Crippen molar-refractivity contribution >= 4 is 24.3 Å². The third-order valence-corrected chi connectivity index (χ3v) is 3.79. The van der Waals surface area contributed by atoms with Gasteiger partial charge in [0.15, 0.2) is 0 Å². The first-order valence-electron chi connectivity index (χ1n) is 9.90. The molecule has 0 unspecified atom stereocenters. The molecule has 0 heterocycles. The van der Waals surface area contributed by atoms with Gasteiger partial charge in [-0.05, 0) is 41.3 Å². The summed E-state index contributed by atoms with van der Waals surface area (Å²) in [5.74, 6) is 0.292. The van der Waals surface area contributed by atoms with Crippen LogP contribution in [0.15, 0.2) is 117 Å². The molecule has 0 aliphatic heterocycles. The lowest BCUT2D eigenvalue weighted by Crippen LogP contribution is -1.76. The Morgan fingerprint density at radius 3 is 1.38 bits per heavy atom. The Morgan fingerprint density at radius 1 is 0.688 bits per heavy atom. The maximum Gasteiger partial charge on any atom is 0.115 e. The van der Waals surface area contributed by atoms with E-state index in [4.69, 9.17) is 10.4 Å². The maximum absolute atomic E-state index is 8.82. The molecule has 0 saturated heterocycles. The van der Waals surface area contributed by atoms with Gasteiger partial charge in [-0.2, -0.15) is 5.26 Å². The predicted molar refractivity (Wildman–Crippen MR) is 142 cm³/mol. The number of nitrogens with zero attached hydrogens (tertiary/aromatic N) is 1. The zero-order chi connectivity index (χ0) is 24.2. The average Bonchev–Trinajstić information content (AvgIpc) is 2.86. The van der Waals surface area contributed by atoms with Crippen LogP contribution in [0.25, 0.3) is 24.3 Å². The number of benzene rings is 3. The van der Waals surface area contributed by atoms with Crippen LogP contribution in [0.3, 0.4) is 0 Å². The molecule has 3 aromatic carbocycles. The van der Waals surface area contributed by atoms with E-state index in [1.54, 1.807) is 25.1 Å². The van der Waals surface area contributed by atoms with Crippen LogP contribution in [0.1, 0.15) is 29.2 Å². The average molecular weight is 422 g/mol. The summed E-state index contributed by atoms with van der Waals surface area (Å²) in [6, 6.07) is 26.8. The fraction of sp³-hybridized carbons (Fsp3) is 0.0333. The van der Waals surface area contributed by atoms with Crippen molar-refractivity contribution in [1.82, 2.24) is 0 Å². The van der Waals surface area contributed by atoms with Crippen LogP contribution in [-0.4, -0.2) is 5.11 Å². The quantitative estimate of drug-likeness (QED) is 0.430. The van der Waals surface area contributed by atoms with Crippen LogP contribution in [-0.2, 0) is 0 Å². The van der Waals surface area contributed by atoms with Crippen molar-refractivity contribution in [2.24, 2.45) is 0 Å². The molecular weight excluding hydrogens is 390 g/mol. The van der Waals surface area contributed by atoms with Gasteiger partial charge in [0.25, 0.3) is 0 Å². The topological polar surface area (TPSA) is 44.0 Å². The number of rotatable bonds is 4. The molecule has 2 heteroatoms. The third-order valence-electron chi connectivity index (χ3n) is 3.79. The molecule has 0 spiro atoms. The number of hydrogen-bond donors (Lipinski definition) is 1. The second-order valence-corrected chi connectivity index (χ2v) is 6.34. The summed E-state index contributed by atoms with van der Waals surface area (Å²) in [4.78, 5) is 0. The number of nitriles is 1. The van der Waals surface area contributed by atoms with Crippen molar-refractivity contribution < 1.29 is 5.11 Å². The van der Waals surface area contributed by atoms with Gasteiger partial charge in [0.1, 0.15) is 5.75 Å². The molecule has 0 aromatic heterocycles. The van der Waals surface area contributed by atoms with Crippen LogP contribution in [0, 0.1) is 11.3 Å². The van der Waals surface area contributed by atoms with E-state index in [0.29, 0.717) is 11.3 Å². The van der Waals surface area contributed by atoms with E-state index in [1.165, 1.54) is 5.56 Å². The zero-order valence-corrected chi connectivity index (χ0v) is 18.7. The molecule has 0 radical (unpaired) electrons. The van der Waals surface area contributed by atoms with Crippen molar-refractivity contribution in [3.8, 4) is 11.8 Å².